The second-order valence-corrected chi connectivity index (χ2v) is 7.72. The molecule has 1 amide bonds. The first kappa shape index (κ1) is 19.9. The molecule has 1 aliphatic heterocycles. The molecule has 4 rings (SSSR count). The first-order chi connectivity index (χ1) is 14.5. The molecule has 0 saturated carbocycles. The Morgan fingerprint density at radius 2 is 1.90 bits per heavy atom. The summed E-state index contributed by atoms with van der Waals surface area (Å²) in [6.45, 7) is 5.25. The minimum Gasteiger partial charge on any atom is -0.490 e. The van der Waals surface area contributed by atoms with Crippen LogP contribution >= 0.6 is 0 Å². The number of benzene rings is 2. The zero-order chi connectivity index (χ0) is 21.1. The van der Waals surface area contributed by atoms with Crippen molar-refractivity contribution in [2.45, 2.75) is 32.9 Å². The number of aromatic nitrogens is 2. The average molecular weight is 407 g/mol. The molecule has 2 aromatic carbocycles. The van der Waals surface area contributed by atoms with Crippen LogP contribution in [0.4, 0.5) is 0 Å². The van der Waals surface area contributed by atoms with Gasteiger partial charge < -0.3 is 14.8 Å². The Balaban J connectivity index is 1.57. The normalized spacial score (nSPS) is 14.4. The summed E-state index contributed by atoms with van der Waals surface area (Å²) in [4.78, 5) is 29.4. The molecule has 0 aliphatic carbocycles. The van der Waals surface area contributed by atoms with Gasteiger partial charge in [-0.1, -0.05) is 32.0 Å². The van der Waals surface area contributed by atoms with Crippen LogP contribution in [0.25, 0.3) is 11.0 Å². The van der Waals surface area contributed by atoms with Crippen molar-refractivity contribution in [3.8, 4) is 11.5 Å². The van der Waals surface area contributed by atoms with E-state index in [0.29, 0.717) is 30.0 Å². The molecule has 1 N–H and O–H groups in total. The fourth-order valence-electron chi connectivity index (χ4n) is 3.65. The Kier molecular flexibility index (Phi) is 5.70. The van der Waals surface area contributed by atoms with Gasteiger partial charge in [-0.2, -0.15) is 0 Å². The van der Waals surface area contributed by atoms with Crippen molar-refractivity contribution in [2.24, 2.45) is 5.92 Å². The van der Waals surface area contributed by atoms with Gasteiger partial charge in [-0.25, -0.2) is 4.98 Å². The standard InChI is InChI=1S/C23H25N3O4/c1-15(2)23(16-8-9-19-20(12-16)30-11-5-10-29-19)25-21(27)14-26-18-7-4-3-6-17(18)24-13-22(26)28/h3-4,6-9,12-13,15,23H,5,10-11,14H2,1-2H3,(H,25,27). The molecule has 0 saturated heterocycles. The fourth-order valence-corrected chi connectivity index (χ4v) is 3.65. The first-order valence-electron chi connectivity index (χ1n) is 10.2. The van der Waals surface area contributed by atoms with Crippen LogP contribution in [0.5, 0.6) is 11.5 Å². The van der Waals surface area contributed by atoms with Crippen LogP contribution in [0.2, 0.25) is 0 Å². The van der Waals surface area contributed by atoms with Crippen LogP contribution in [0.3, 0.4) is 0 Å². The zero-order valence-corrected chi connectivity index (χ0v) is 17.1. The molecule has 1 aromatic heterocycles. The fraction of sp³-hybridized carbons (Fsp3) is 0.348. The first-order valence-corrected chi connectivity index (χ1v) is 10.2. The molecule has 3 aromatic rings. The predicted octanol–water partition coefficient (Wildman–Crippen LogP) is 3.07. The van der Waals surface area contributed by atoms with Crippen LogP contribution in [0.15, 0.2) is 53.5 Å². The zero-order valence-electron chi connectivity index (χ0n) is 17.1. The van der Waals surface area contributed by atoms with E-state index >= 15 is 0 Å². The van der Waals surface area contributed by atoms with Crippen molar-refractivity contribution in [1.29, 1.82) is 0 Å². The van der Waals surface area contributed by atoms with E-state index in [1.54, 1.807) is 6.07 Å². The highest BCUT2D eigenvalue weighted by atomic mass is 16.5. The number of nitrogens with zero attached hydrogens (tertiary/aromatic N) is 2. The summed E-state index contributed by atoms with van der Waals surface area (Å²) in [5.74, 6) is 1.32. The summed E-state index contributed by atoms with van der Waals surface area (Å²) >= 11 is 0. The maximum Gasteiger partial charge on any atom is 0.269 e. The molecule has 7 heteroatoms. The average Bonchev–Trinajstić information content (AvgIpc) is 2.99. The van der Waals surface area contributed by atoms with Crippen LogP contribution in [0, 0.1) is 5.92 Å². The maximum absolute atomic E-state index is 12.9. The minimum atomic E-state index is -0.305. The van der Waals surface area contributed by atoms with Gasteiger partial charge in [0.1, 0.15) is 6.54 Å². The summed E-state index contributed by atoms with van der Waals surface area (Å²) in [5.41, 5.74) is 1.94. The molecule has 7 nitrogen and oxygen atoms in total. The Morgan fingerprint density at radius 1 is 1.13 bits per heavy atom. The summed E-state index contributed by atoms with van der Waals surface area (Å²) in [5, 5.41) is 3.08. The number of hydrogen-bond acceptors (Lipinski definition) is 5. The molecule has 156 valence electrons. The van der Waals surface area contributed by atoms with Gasteiger partial charge in [0.2, 0.25) is 5.91 Å². The van der Waals surface area contributed by atoms with Crippen molar-refractivity contribution in [3.63, 3.8) is 0 Å². The van der Waals surface area contributed by atoms with Crippen LogP contribution in [-0.2, 0) is 11.3 Å². The number of rotatable bonds is 5. The number of hydrogen-bond donors (Lipinski definition) is 1. The predicted molar refractivity (Wildman–Crippen MR) is 114 cm³/mol. The summed E-state index contributed by atoms with van der Waals surface area (Å²) < 4.78 is 12.9. The molecular weight excluding hydrogens is 382 g/mol. The van der Waals surface area contributed by atoms with E-state index in [9.17, 15) is 9.59 Å². The van der Waals surface area contributed by atoms with Crippen molar-refractivity contribution in [1.82, 2.24) is 14.9 Å². The van der Waals surface area contributed by atoms with E-state index in [2.05, 4.69) is 10.3 Å². The van der Waals surface area contributed by atoms with E-state index in [4.69, 9.17) is 9.47 Å². The number of para-hydroxylation sites is 2. The Bertz CT molecular complexity index is 1120. The minimum absolute atomic E-state index is 0.0738. The van der Waals surface area contributed by atoms with Gasteiger partial charge in [0.05, 0.1) is 36.5 Å². The Morgan fingerprint density at radius 3 is 2.70 bits per heavy atom. The van der Waals surface area contributed by atoms with Crippen LogP contribution in [-0.4, -0.2) is 28.7 Å². The lowest BCUT2D eigenvalue weighted by Gasteiger charge is -2.24. The van der Waals surface area contributed by atoms with Crippen molar-refractivity contribution < 1.29 is 14.3 Å². The second kappa shape index (κ2) is 8.57. The third-order valence-electron chi connectivity index (χ3n) is 5.17. The number of carbonyl (C=O) groups excluding carboxylic acids is 1. The Labute approximate surface area is 174 Å². The summed E-state index contributed by atoms with van der Waals surface area (Å²) in [6.07, 6.45) is 2.09. The molecule has 2 heterocycles. The summed E-state index contributed by atoms with van der Waals surface area (Å²) in [6, 6.07) is 12.8. The SMILES string of the molecule is CC(C)C(NC(=O)Cn1c(=O)cnc2ccccc21)c1ccc2c(c1)OCCCO2. The van der Waals surface area contributed by atoms with E-state index in [0.717, 1.165) is 17.7 Å². The monoisotopic (exact) mass is 407 g/mol. The lowest BCUT2D eigenvalue weighted by Crippen LogP contribution is -2.36. The number of amides is 1. The summed E-state index contributed by atoms with van der Waals surface area (Å²) in [7, 11) is 0. The third-order valence-corrected chi connectivity index (χ3v) is 5.17. The van der Waals surface area contributed by atoms with Crippen molar-refractivity contribution in [3.05, 3.63) is 64.6 Å². The van der Waals surface area contributed by atoms with Gasteiger partial charge in [-0.3, -0.25) is 14.2 Å². The van der Waals surface area contributed by atoms with Gasteiger partial charge in [0.15, 0.2) is 11.5 Å². The molecule has 30 heavy (non-hydrogen) atoms. The molecule has 1 unspecified atom stereocenters. The highest BCUT2D eigenvalue weighted by Crippen LogP contribution is 2.34. The molecule has 1 aliphatic rings. The van der Waals surface area contributed by atoms with Crippen molar-refractivity contribution >= 4 is 16.9 Å². The molecule has 1 atom stereocenters. The number of ether oxygens (including phenoxy) is 2. The molecule has 0 radical (unpaired) electrons. The largest absolute Gasteiger partial charge is 0.490 e. The molecule has 0 spiro atoms. The van der Waals surface area contributed by atoms with Crippen LogP contribution in [0.1, 0.15) is 31.9 Å². The van der Waals surface area contributed by atoms with E-state index < -0.39 is 0 Å². The van der Waals surface area contributed by atoms with Gasteiger partial charge in [0, 0.05) is 6.42 Å². The third kappa shape index (κ3) is 4.15. The lowest BCUT2D eigenvalue weighted by atomic mass is 9.95. The van der Waals surface area contributed by atoms with Crippen molar-refractivity contribution in [2.75, 3.05) is 13.2 Å². The highest BCUT2D eigenvalue weighted by molar-refractivity contribution is 5.80. The number of fused-ring (bicyclic) bond motifs is 2. The molecule has 0 bridgehead atoms. The van der Waals surface area contributed by atoms with Gasteiger partial charge in [-0.05, 0) is 35.7 Å². The quantitative estimate of drug-likeness (QED) is 0.703. The molecule has 0 fully saturated rings. The smallest absolute Gasteiger partial charge is 0.269 e. The van der Waals surface area contributed by atoms with E-state index in [-0.39, 0.29) is 30.0 Å². The maximum atomic E-state index is 12.9. The van der Waals surface area contributed by atoms with Gasteiger partial charge in [0.25, 0.3) is 5.56 Å². The van der Waals surface area contributed by atoms with E-state index in [1.165, 1.54) is 10.8 Å². The highest BCUT2D eigenvalue weighted by Gasteiger charge is 2.22. The number of nitrogens with one attached hydrogen (secondary N) is 1. The molecular formula is C23H25N3O4. The number of carbonyl (C=O) groups is 1. The topological polar surface area (TPSA) is 82.5 Å². The second-order valence-electron chi connectivity index (χ2n) is 7.72. The lowest BCUT2D eigenvalue weighted by molar-refractivity contribution is -0.122. The van der Waals surface area contributed by atoms with Gasteiger partial charge >= 0.3 is 0 Å². The van der Waals surface area contributed by atoms with Crippen LogP contribution < -0.4 is 20.3 Å². The van der Waals surface area contributed by atoms with E-state index in [1.807, 2.05) is 50.2 Å². The van der Waals surface area contributed by atoms with Gasteiger partial charge in [-0.15, -0.1) is 0 Å². The Hall–Kier alpha value is -3.35.